The molecule has 6 nitrogen and oxygen atoms in total. The number of nitrogens with zero attached hydrogens (tertiary/aromatic N) is 1. The van der Waals surface area contributed by atoms with Gasteiger partial charge in [-0.2, -0.15) is 0 Å². The maximum atomic E-state index is 13.6. The van der Waals surface area contributed by atoms with Gasteiger partial charge in [-0.3, -0.25) is 9.71 Å². The summed E-state index contributed by atoms with van der Waals surface area (Å²) < 4.78 is 67.7. The summed E-state index contributed by atoms with van der Waals surface area (Å²) in [5, 5.41) is 0.502. The molecule has 4 aromatic rings. The Bertz CT molecular complexity index is 1510. The first-order chi connectivity index (χ1) is 14.6. The fourth-order valence-corrected chi connectivity index (χ4v) is 7.01. The second-order valence-electron chi connectivity index (χ2n) is 6.98. The van der Waals surface area contributed by atoms with Crippen molar-refractivity contribution >= 4 is 47.0 Å². The highest BCUT2D eigenvalue weighted by Gasteiger charge is 2.25. The summed E-state index contributed by atoms with van der Waals surface area (Å²) >= 11 is 0.999. The number of pyridine rings is 1. The van der Waals surface area contributed by atoms with Crippen molar-refractivity contribution in [2.45, 2.75) is 16.0 Å². The van der Waals surface area contributed by atoms with E-state index in [9.17, 15) is 21.2 Å². The molecule has 0 fully saturated rings. The maximum absolute atomic E-state index is 13.6. The van der Waals surface area contributed by atoms with Gasteiger partial charge in [-0.05, 0) is 71.5 Å². The molecule has 0 bridgehead atoms. The molecular formula is C21H17FN2O4S3. The molecule has 0 amide bonds. The third kappa shape index (κ3) is 4.18. The number of hydrogen-bond donors (Lipinski definition) is 1. The zero-order chi connectivity index (χ0) is 22.4. The molecule has 2 aromatic heterocycles. The van der Waals surface area contributed by atoms with Crippen LogP contribution >= 0.6 is 11.3 Å². The summed E-state index contributed by atoms with van der Waals surface area (Å²) in [5.74, 6) is -0.462. The van der Waals surface area contributed by atoms with Gasteiger partial charge >= 0.3 is 0 Å². The predicted octanol–water partition coefficient (Wildman–Crippen LogP) is 4.62. The van der Waals surface area contributed by atoms with Crippen LogP contribution in [0.4, 0.5) is 10.1 Å². The molecule has 0 aliphatic rings. The second kappa shape index (κ2) is 7.70. The van der Waals surface area contributed by atoms with Crippen molar-refractivity contribution in [2.75, 3.05) is 11.0 Å². The van der Waals surface area contributed by atoms with E-state index in [1.807, 2.05) is 0 Å². The fourth-order valence-electron chi connectivity index (χ4n) is 3.26. The van der Waals surface area contributed by atoms with E-state index >= 15 is 0 Å². The zero-order valence-electron chi connectivity index (χ0n) is 16.5. The number of sulfonamides is 1. The minimum absolute atomic E-state index is 0.00533. The SMILES string of the molecule is Cc1c(S(=O)(=O)Nc2ccc(-c3ccncc3)cc2S(C)(=O)=O)sc2ccc(F)cc12. The van der Waals surface area contributed by atoms with E-state index in [1.165, 1.54) is 30.3 Å². The van der Waals surface area contributed by atoms with Crippen LogP contribution in [0.1, 0.15) is 5.56 Å². The van der Waals surface area contributed by atoms with E-state index in [0.29, 0.717) is 21.2 Å². The highest BCUT2D eigenvalue weighted by Crippen LogP contribution is 2.36. The van der Waals surface area contributed by atoms with Crippen LogP contribution in [0.15, 0.2) is 70.0 Å². The smallest absolute Gasteiger partial charge is 0.271 e. The van der Waals surface area contributed by atoms with Gasteiger partial charge in [0.15, 0.2) is 9.84 Å². The van der Waals surface area contributed by atoms with Crippen LogP contribution in [-0.2, 0) is 19.9 Å². The lowest BCUT2D eigenvalue weighted by Crippen LogP contribution is -2.15. The highest BCUT2D eigenvalue weighted by molar-refractivity contribution is 7.95. The monoisotopic (exact) mass is 476 g/mol. The van der Waals surface area contributed by atoms with Gasteiger partial charge in [0.25, 0.3) is 10.0 Å². The average molecular weight is 477 g/mol. The van der Waals surface area contributed by atoms with Crippen LogP contribution in [0.5, 0.6) is 0 Å². The van der Waals surface area contributed by atoms with Crippen molar-refractivity contribution in [3.8, 4) is 11.1 Å². The fraction of sp³-hybridized carbons (Fsp3) is 0.0952. The lowest BCUT2D eigenvalue weighted by atomic mass is 10.1. The number of benzene rings is 2. The lowest BCUT2D eigenvalue weighted by molar-refractivity contribution is 0.602. The Kier molecular flexibility index (Phi) is 5.32. The summed E-state index contributed by atoms with van der Waals surface area (Å²) in [6.45, 7) is 1.59. The topological polar surface area (TPSA) is 93.2 Å². The number of fused-ring (bicyclic) bond motifs is 1. The molecule has 0 unspecified atom stereocenters. The van der Waals surface area contributed by atoms with Crippen LogP contribution in [0.3, 0.4) is 0 Å². The number of nitrogens with one attached hydrogen (secondary N) is 1. The van der Waals surface area contributed by atoms with Gasteiger partial charge in [0.2, 0.25) is 0 Å². The van der Waals surface area contributed by atoms with Crippen molar-refractivity contribution in [2.24, 2.45) is 0 Å². The number of halogens is 1. The van der Waals surface area contributed by atoms with Gasteiger partial charge in [0.05, 0.1) is 10.6 Å². The number of anilines is 1. The Morgan fingerprint density at radius 2 is 1.65 bits per heavy atom. The van der Waals surface area contributed by atoms with Gasteiger partial charge in [-0.25, -0.2) is 21.2 Å². The van der Waals surface area contributed by atoms with E-state index < -0.39 is 25.7 Å². The number of rotatable bonds is 5. The summed E-state index contributed by atoms with van der Waals surface area (Å²) in [6, 6.07) is 12.0. The Balaban J connectivity index is 1.81. The molecule has 0 aliphatic heterocycles. The van der Waals surface area contributed by atoms with Gasteiger partial charge in [-0.1, -0.05) is 6.07 Å². The van der Waals surface area contributed by atoms with Crippen LogP contribution in [0, 0.1) is 12.7 Å². The second-order valence-corrected chi connectivity index (χ2v) is 11.9. The summed E-state index contributed by atoms with van der Waals surface area (Å²) in [5.41, 5.74) is 1.71. The van der Waals surface area contributed by atoms with Crippen molar-refractivity contribution in [1.82, 2.24) is 4.98 Å². The molecule has 31 heavy (non-hydrogen) atoms. The highest BCUT2D eigenvalue weighted by atomic mass is 32.2. The summed E-state index contributed by atoms with van der Waals surface area (Å²) in [4.78, 5) is 3.80. The molecule has 0 spiro atoms. The van der Waals surface area contributed by atoms with E-state index in [2.05, 4.69) is 9.71 Å². The first-order valence-electron chi connectivity index (χ1n) is 9.02. The molecule has 4 rings (SSSR count). The van der Waals surface area contributed by atoms with Gasteiger partial charge in [-0.15, -0.1) is 11.3 Å². The lowest BCUT2D eigenvalue weighted by Gasteiger charge is -2.13. The Morgan fingerprint density at radius 1 is 0.935 bits per heavy atom. The molecule has 160 valence electrons. The van der Waals surface area contributed by atoms with Gasteiger partial charge < -0.3 is 0 Å². The number of thiophene rings is 1. The van der Waals surface area contributed by atoms with Gasteiger partial charge in [0.1, 0.15) is 10.0 Å². The quantitative estimate of drug-likeness (QED) is 0.454. The van der Waals surface area contributed by atoms with Crippen LogP contribution in [-0.4, -0.2) is 28.1 Å². The number of aromatic nitrogens is 1. The van der Waals surface area contributed by atoms with E-state index in [0.717, 1.165) is 23.2 Å². The third-order valence-electron chi connectivity index (χ3n) is 4.74. The first kappa shape index (κ1) is 21.4. The van der Waals surface area contributed by atoms with Gasteiger partial charge in [0, 0.05) is 23.3 Å². The normalized spacial score (nSPS) is 12.2. The average Bonchev–Trinajstić information content (AvgIpc) is 3.05. The number of hydrogen-bond acceptors (Lipinski definition) is 6. The summed E-state index contributed by atoms with van der Waals surface area (Å²) in [6.07, 6.45) is 4.18. The molecule has 0 saturated carbocycles. The molecule has 1 N–H and O–H groups in total. The molecule has 2 aromatic carbocycles. The Morgan fingerprint density at radius 3 is 2.32 bits per heavy atom. The summed E-state index contributed by atoms with van der Waals surface area (Å²) in [7, 11) is -7.86. The Labute approximate surface area is 183 Å². The predicted molar refractivity (Wildman–Crippen MR) is 120 cm³/mol. The zero-order valence-corrected chi connectivity index (χ0v) is 18.9. The largest absolute Gasteiger partial charge is 0.278 e. The van der Waals surface area contributed by atoms with Crippen molar-refractivity contribution in [3.63, 3.8) is 0 Å². The molecule has 0 saturated heterocycles. The number of sulfone groups is 1. The van der Waals surface area contributed by atoms with Crippen molar-refractivity contribution in [3.05, 3.63) is 72.3 Å². The number of aryl methyl sites for hydroxylation is 1. The maximum Gasteiger partial charge on any atom is 0.271 e. The molecule has 0 atom stereocenters. The third-order valence-corrected chi connectivity index (χ3v) is 9.13. The minimum atomic E-state index is -4.11. The molecule has 2 heterocycles. The van der Waals surface area contributed by atoms with Crippen LogP contribution < -0.4 is 4.72 Å². The first-order valence-corrected chi connectivity index (χ1v) is 13.2. The molecular weight excluding hydrogens is 459 g/mol. The van der Waals surface area contributed by atoms with E-state index in [4.69, 9.17) is 0 Å². The molecule has 0 radical (unpaired) electrons. The van der Waals surface area contributed by atoms with Crippen LogP contribution in [0.2, 0.25) is 0 Å². The van der Waals surface area contributed by atoms with Crippen LogP contribution in [0.25, 0.3) is 21.2 Å². The van der Waals surface area contributed by atoms with Crippen molar-refractivity contribution in [1.29, 1.82) is 0 Å². The van der Waals surface area contributed by atoms with E-state index in [-0.39, 0.29) is 14.8 Å². The molecule has 10 heteroatoms. The Hall–Kier alpha value is -2.82. The van der Waals surface area contributed by atoms with E-state index in [1.54, 1.807) is 37.5 Å². The molecule has 0 aliphatic carbocycles. The minimum Gasteiger partial charge on any atom is -0.278 e. The standard InChI is InChI=1S/C21H17FN2O4S3/c1-13-17-12-16(22)4-6-19(17)29-21(13)31(27,28)24-18-5-3-15(11-20(18)30(2,25)26)14-7-9-23-10-8-14/h3-12,24H,1-2H3. The van der Waals surface area contributed by atoms with Crippen molar-refractivity contribution < 1.29 is 21.2 Å².